The highest BCUT2D eigenvalue weighted by Gasteiger charge is 2.19. The lowest BCUT2D eigenvalue weighted by atomic mass is 9.92. The van der Waals surface area contributed by atoms with Crippen LogP contribution in [0.25, 0.3) is 0 Å². The zero-order valence-electron chi connectivity index (χ0n) is 51.1. The highest BCUT2D eigenvalue weighted by Crippen LogP contribution is 2.36. The maximum Gasteiger partial charge on any atom is 0.170 e. The van der Waals surface area contributed by atoms with Crippen LogP contribution in [0.2, 0.25) is 0 Å². The number of benzene rings is 4. The van der Waals surface area contributed by atoms with Crippen molar-refractivity contribution in [1.29, 1.82) is 0 Å². The number of thioether (sulfide) groups is 1. The van der Waals surface area contributed by atoms with Gasteiger partial charge in [-0.1, -0.05) is 218 Å². The van der Waals surface area contributed by atoms with Crippen molar-refractivity contribution in [3.05, 3.63) is 117 Å². The molecule has 0 aliphatic carbocycles. The Bertz CT molecular complexity index is 2250. The summed E-state index contributed by atoms with van der Waals surface area (Å²) >= 11 is 15.1. The van der Waals surface area contributed by atoms with Crippen molar-refractivity contribution < 1.29 is 0 Å². The monoisotopic (exact) mass is 1220 g/mol. The van der Waals surface area contributed by atoms with Crippen LogP contribution in [-0.2, 0) is 0 Å². The fraction of sp³-hybridized carbons (Fsp3) is 0.569. The zero-order chi connectivity index (χ0) is 57.8. The Labute approximate surface area is 499 Å². The number of rotatable bonds is 24. The van der Waals surface area contributed by atoms with Gasteiger partial charge in [0.15, 0.2) is 15.4 Å². The van der Waals surface area contributed by atoms with Gasteiger partial charge in [0.25, 0.3) is 0 Å². The molecule has 0 aromatic heterocycles. The molecule has 4 aromatic carbocycles. The summed E-state index contributed by atoms with van der Waals surface area (Å²) < 4.78 is 0. The Morgan fingerprint density at radius 2 is 0.662 bits per heavy atom. The molecule has 4 rings (SSSR count). The van der Waals surface area contributed by atoms with Gasteiger partial charge in [-0.05, 0) is 173 Å². The maximum atomic E-state index is 5.62. The molecule has 0 aliphatic heterocycles. The molecule has 0 aliphatic rings. The Morgan fingerprint density at radius 3 is 0.948 bits per heavy atom. The Morgan fingerprint density at radius 1 is 0.403 bits per heavy atom. The molecule has 0 saturated carbocycles. The van der Waals surface area contributed by atoms with E-state index in [2.05, 4.69) is 251 Å². The summed E-state index contributed by atoms with van der Waals surface area (Å²) in [4.78, 5) is 11.7. The van der Waals surface area contributed by atoms with Gasteiger partial charge in [0, 0.05) is 48.9 Å². The number of aliphatic imine (C=N–C) groups is 2. The molecule has 0 amide bonds. The van der Waals surface area contributed by atoms with Gasteiger partial charge in [-0.3, -0.25) is 9.98 Å². The lowest BCUT2D eigenvalue weighted by Crippen LogP contribution is -2.31. The van der Waals surface area contributed by atoms with Crippen LogP contribution < -0.4 is 31.9 Å². The molecule has 12 heteroatoms. The van der Waals surface area contributed by atoms with Crippen molar-refractivity contribution in [3.8, 4) is 0 Å². The number of hydrogen-bond donors (Lipinski definition) is 6. The molecule has 6 N–H and O–H groups in total. The number of amidine groups is 2. The first-order chi connectivity index (χ1) is 36.6. The topological polar surface area (TPSA) is 96.9 Å². The van der Waals surface area contributed by atoms with E-state index < -0.39 is 0 Å². The second kappa shape index (κ2) is 37.3. The van der Waals surface area contributed by atoms with Gasteiger partial charge in [0.05, 0.1) is 5.84 Å². The second-order valence-electron chi connectivity index (χ2n) is 22.5. The van der Waals surface area contributed by atoms with Gasteiger partial charge < -0.3 is 31.9 Å². The Balaban J connectivity index is 0.000000510. The molecule has 0 heterocycles. The highest BCUT2D eigenvalue weighted by molar-refractivity contribution is 14.1. The molecular weight excluding hydrogens is 1120 g/mol. The molecule has 0 fully saturated rings. The fourth-order valence-corrected chi connectivity index (χ4v) is 10.1. The van der Waals surface area contributed by atoms with E-state index in [4.69, 9.17) is 34.4 Å². The summed E-state index contributed by atoms with van der Waals surface area (Å²) in [6.45, 7) is 41.3. The Kier molecular flexibility index (Phi) is 33.6. The summed E-state index contributed by atoms with van der Waals surface area (Å²) in [7, 11) is 0. The predicted molar refractivity (Wildman–Crippen MR) is 366 cm³/mol. The first-order valence-corrected chi connectivity index (χ1v) is 32.9. The molecule has 428 valence electrons. The molecule has 77 heavy (non-hydrogen) atoms. The third-order valence-electron chi connectivity index (χ3n) is 13.5. The van der Waals surface area contributed by atoms with Gasteiger partial charge in [-0.25, -0.2) is 0 Å². The predicted octanol–water partition coefficient (Wildman–Crippen LogP) is 19.7. The molecule has 4 aromatic rings. The van der Waals surface area contributed by atoms with Crippen LogP contribution in [0.3, 0.4) is 0 Å². The number of hydrogen-bond acceptors (Lipinski definition) is 5. The van der Waals surface area contributed by atoms with Crippen LogP contribution in [0.1, 0.15) is 248 Å². The first kappa shape index (κ1) is 69.4. The minimum absolute atomic E-state index is 0.438. The minimum Gasteiger partial charge on any atom is -0.362 e. The molecule has 0 unspecified atom stereocenters. The van der Waals surface area contributed by atoms with E-state index in [0.29, 0.717) is 57.6 Å². The van der Waals surface area contributed by atoms with Crippen LogP contribution in [0.15, 0.2) is 82.8 Å². The van der Waals surface area contributed by atoms with E-state index >= 15 is 0 Å². The van der Waals surface area contributed by atoms with Crippen LogP contribution in [0.5, 0.6) is 0 Å². The molecule has 0 saturated heterocycles. The van der Waals surface area contributed by atoms with E-state index in [1.165, 1.54) is 55.9 Å². The van der Waals surface area contributed by atoms with Crippen molar-refractivity contribution >= 4 is 103 Å². The van der Waals surface area contributed by atoms with Gasteiger partial charge in [-0.2, -0.15) is 0 Å². The highest BCUT2D eigenvalue weighted by atomic mass is 127. The lowest BCUT2D eigenvalue weighted by Gasteiger charge is -2.22. The quantitative estimate of drug-likeness (QED) is 0.0102. The molecule has 0 spiro atoms. The van der Waals surface area contributed by atoms with Gasteiger partial charge in [0.1, 0.15) is 0 Å². The third-order valence-corrected chi connectivity index (χ3v) is 14.7. The summed E-state index contributed by atoms with van der Waals surface area (Å²) in [6.07, 6.45) is 8.59. The van der Waals surface area contributed by atoms with Crippen LogP contribution >= 0.6 is 58.8 Å². The third kappa shape index (κ3) is 23.9. The van der Waals surface area contributed by atoms with Crippen LogP contribution in [0, 0.1) is 0 Å². The lowest BCUT2D eigenvalue weighted by molar-refractivity contribution is 0.654. The SMILES string of the molecule is CC(C)c1cccc(C(C)C)c1NC(=S)NCCCCCNC(=S)Nc1c(C(C)C)cccc1C(C)C.CI.CSC(=NCCCCCN=C(C)Nc1c(C(C)C)cccc1C(C)C)Nc1c(C(C)C)cccc1C(C)C. The van der Waals surface area contributed by atoms with Gasteiger partial charge >= 0.3 is 0 Å². The van der Waals surface area contributed by atoms with Gasteiger partial charge in [-0.15, -0.1) is 0 Å². The number of unbranched alkanes of at least 4 members (excludes halogenated alkanes) is 4. The summed E-state index contributed by atoms with van der Waals surface area (Å²) in [6, 6.07) is 26.4. The average molecular weight is 1220 g/mol. The van der Waals surface area contributed by atoms with Crippen LogP contribution in [0.4, 0.5) is 22.7 Å². The van der Waals surface area contributed by atoms with E-state index in [0.717, 1.165) is 87.1 Å². The standard InChI is InChI=1S/C33H52N4S.C31H48N4S2.CH3I/c1-22(2)27-16-14-17-28(23(3)4)31(27)36-26(9)34-20-12-11-13-21-35-33(38-10)37-32-29(24(5)6)18-15-19-30(32)25(7)8;1-20(2)24-14-12-15-25(21(3)4)28(24)34-30(36)32-18-10-9-11-19-33-31(37)35-29-26(22(5)6)16-13-17-27(29)23(7)8;1-2/h14-19,22-25H,11-13,20-21H2,1-10H3,(H,34,36)(H,35,37);12-17,20-23H,9-11,18-19H2,1-8H3,(H2,32,34,36)(H2,33,35,37);1H3. The summed E-state index contributed by atoms with van der Waals surface area (Å²) in [5.41, 5.74) is 15.5. The van der Waals surface area contributed by atoms with E-state index in [-0.39, 0.29) is 0 Å². The molecule has 0 radical (unpaired) electrons. The summed E-state index contributed by atoms with van der Waals surface area (Å²) in [5.74, 6) is 4.63. The summed E-state index contributed by atoms with van der Waals surface area (Å²) in [5, 5.41) is 23.5. The molecule has 0 atom stereocenters. The normalized spacial score (nSPS) is 11.8. The molecular formula is C65H103IN8S3. The van der Waals surface area contributed by atoms with Crippen molar-refractivity contribution in [3.63, 3.8) is 0 Å². The van der Waals surface area contributed by atoms with Crippen molar-refractivity contribution in [2.75, 3.05) is 58.6 Å². The van der Waals surface area contributed by atoms with Crippen LogP contribution in [-0.4, -0.2) is 58.6 Å². The largest absolute Gasteiger partial charge is 0.362 e. The molecule has 8 nitrogen and oxygen atoms in total. The van der Waals surface area contributed by atoms with Gasteiger partial charge in [0.2, 0.25) is 0 Å². The number of anilines is 4. The smallest absolute Gasteiger partial charge is 0.170 e. The number of alkyl halides is 1. The average Bonchev–Trinajstić information content (AvgIpc) is 3.37. The van der Waals surface area contributed by atoms with E-state index in [9.17, 15) is 0 Å². The number of halogens is 1. The van der Waals surface area contributed by atoms with Crippen molar-refractivity contribution in [2.45, 2.75) is 204 Å². The van der Waals surface area contributed by atoms with E-state index in [1.807, 2.05) is 4.93 Å². The maximum absolute atomic E-state index is 5.62. The van der Waals surface area contributed by atoms with Crippen molar-refractivity contribution in [2.24, 2.45) is 9.98 Å². The number of nitrogens with one attached hydrogen (secondary N) is 6. The fourth-order valence-electron chi connectivity index (χ4n) is 9.24. The molecule has 0 bridgehead atoms. The number of para-hydroxylation sites is 4. The van der Waals surface area contributed by atoms with Crippen molar-refractivity contribution in [1.82, 2.24) is 10.6 Å². The first-order valence-electron chi connectivity index (χ1n) is 28.7. The number of nitrogens with zero attached hydrogens (tertiary/aromatic N) is 2. The Hall–Kier alpha value is -3.72. The zero-order valence-corrected chi connectivity index (χ0v) is 55.7. The minimum atomic E-state index is 0.438. The second-order valence-corrected chi connectivity index (χ2v) is 24.1. The van der Waals surface area contributed by atoms with E-state index in [1.54, 1.807) is 11.8 Å². The number of thiocarbonyl (C=S) groups is 2.